The molecule has 2 aromatic carbocycles. The first-order chi connectivity index (χ1) is 17.5. The van der Waals surface area contributed by atoms with Gasteiger partial charge in [0.2, 0.25) is 12.0 Å². The van der Waals surface area contributed by atoms with Crippen molar-refractivity contribution in [3.8, 4) is 34.3 Å². The van der Waals surface area contributed by atoms with E-state index in [4.69, 9.17) is 23.7 Å². The lowest BCUT2D eigenvalue weighted by Gasteiger charge is -2.39. The number of aliphatic carboxylic acids is 1. The zero-order valence-electron chi connectivity index (χ0n) is 18.9. The van der Waals surface area contributed by atoms with Crippen LogP contribution in [0.3, 0.4) is 0 Å². The smallest absolute Gasteiger partial charge is 0.402 e. The van der Waals surface area contributed by atoms with E-state index in [-0.39, 0.29) is 39.7 Å². The molecule has 0 unspecified atom stereocenters. The Morgan fingerprint density at radius 2 is 1.62 bits per heavy atom. The van der Waals surface area contributed by atoms with Crippen LogP contribution in [-0.2, 0) is 19.1 Å². The number of aliphatic hydroxyl groups is 3. The monoisotopic (exact) mass is 519 g/mol. The summed E-state index contributed by atoms with van der Waals surface area (Å²) >= 11 is 0. The van der Waals surface area contributed by atoms with Gasteiger partial charge in [0.05, 0.1) is 11.6 Å². The Labute approximate surface area is 207 Å². The maximum atomic E-state index is 11.6. The maximum absolute atomic E-state index is 11.6. The fourth-order valence-corrected chi connectivity index (χ4v) is 3.71. The van der Waals surface area contributed by atoms with Crippen LogP contribution in [0.2, 0.25) is 0 Å². The molecule has 13 nitrogen and oxygen atoms in total. The number of ether oxygens (including phenoxy) is 3. The van der Waals surface area contributed by atoms with Crippen molar-refractivity contribution in [3.05, 3.63) is 42.5 Å². The lowest BCUT2D eigenvalue weighted by Crippen LogP contribution is -2.60. The molecule has 1 fully saturated rings. The van der Waals surface area contributed by atoms with E-state index in [1.807, 2.05) is 0 Å². The first-order valence-corrected chi connectivity index (χ1v) is 10.9. The van der Waals surface area contributed by atoms with Gasteiger partial charge >= 0.3 is 23.3 Å². The van der Waals surface area contributed by atoms with Gasteiger partial charge in [-0.1, -0.05) is 0 Å². The SMILES string of the molecule is O=C(O)CC(=O)OC[C@H]1O[C@@H](Oc2cc3c(O)cc(O)cc3[o+]c2-c2ccc(O)cc2)[C@H](O)[C@H](O)[C@@H]1O. The molecule has 13 heteroatoms. The summed E-state index contributed by atoms with van der Waals surface area (Å²) in [5.74, 6) is -3.28. The molecule has 4 rings (SSSR count). The quantitative estimate of drug-likeness (QED) is 0.130. The van der Waals surface area contributed by atoms with E-state index in [9.17, 15) is 40.2 Å². The Balaban J connectivity index is 1.67. The van der Waals surface area contributed by atoms with Gasteiger partial charge in [-0.15, -0.1) is 0 Å². The van der Waals surface area contributed by atoms with Gasteiger partial charge in [-0.25, -0.2) is 4.42 Å². The summed E-state index contributed by atoms with van der Waals surface area (Å²) in [5, 5.41) is 69.6. The number of hydrogen-bond acceptors (Lipinski definition) is 11. The predicted molar refractivity (Wildman–Crippen MR) is 122 cm³/mol. The van der Waals surface area contributed by atoms with Gasteiger partial charge in [-0.2, -0.15) is 0 Å². The number of aromatic hydroxyl groups is 3. The van der Waals surface area contributed by atoms with Crippen molar-refractivity contribution in [3.63, 3.8) is 0 Å². The van der Waals surface area contributed by atoms with Crippen molar-refractivity contribution in [2.45, 2.75) is 37.1 Å². The minimum absolute atomic E-state index is 0.0262. The maximum Gasteiger partial charge on any atom is 0.402 e. The second-order valence-electron chi connectivity index (χ2n) is 8.25. The number of rotatable bonds is 7. The Hall–Kier alpha value is -4.17. The normalized spacial score (nSPS) is 23.5. The van der Waals surface area contributed by atoms with E-state index in [2.05, 4.69) is 0 Å². The molecule has 37 heavy (non-hydrogen) atoms. The number of carboxylic acid groups (broad SMARTS) is 1. The molecular formula is C24H23O13+. The molecule has 7 N–H and O–H groups in total. The van der Waals surface area contributed by atoms with E-state index in [0.717, 1.165) is 6.07 Å². The number of carboxylic acids is 1. The standard InChI is InChI=1S/C24H22O13/c25-11-3-1-10(2-4-11)23-16(7-13-14(27)5-12(26)6-15(13)35-23)36-24-22(33)21(32)20(31)17(37-24)9-34-19(30)8-18(28)29/h1-7,17,20-22,24,31-33H,8-9H2,(H3-,25,26,27,28,29)/p+1/t17-,20-,21-,22-,24-/m1/s1. The molecule has 1 aliphatic heterocycles. The van der Waals surface area contributed by atoms with Crippen LogP contribution in [0.15, 0.2) is 46.9 Å². The number of esters is 1. The molecule has 0 saturated carbocycles. The summed E-state index contributed by atoms with van der Waals surface area (Å²) in [6, 6.07) is 9.34. The van der Waals surface area contributed by atoms with Crippen LogP contribution >= 0.6 is 0 Å². The number of benzene rings is 2. The number of phenols is 3. The fraction of sp³-hybridized carbons (Fsp3) is 0.292. The number of carbonyl (C=O) groups excluding carboxylic acids is 1. The second-order valence-corrected chi connectivity index (χ2v) is 8.25. The highest BCUT2D eigenvalue weighted by Gasteiger charge is 2.46. The van der Waals surface area contributed by atoms with Crippen LogP contribution in [0.1, 0.15) is 6.42 Å². The number of carbonyl (C=O) groups is 2. The molecule has 0 spiro atoms. The van der Waals surface area contributed by atoms with E-state index in [1.54, 1.807) is 0 Å². The summed E-state index contributed by atoms with van der Waals surface area (Å²) in [5.41, 5.74) is 0.444. The van der Waals surface area contributed by atoms with Crippen molar-refractivity contribution in [2.24, 2.45) is 0 Å². The van der Waals surface area contributed by atoms with Gasteiger partial charge in [0.1, 0.15) is 60.1 Å². The van der Waals surface area contributed by atoms with Crippen LogP contribution in [0.5, 0.6) is 23.0 Å². The number of phenolic OH excluding ortho intramolecular Hbond substituents is 3. The van der Waals surface area contributed by atoms with Gasteiger partial charge in [-0.3, -0.25) is 9.59 Å². The van der Waals surface area contributed by atoms with E-state index in [0.29, 0.717) is 5.56 Å². The van der Waals surface area contributed by atoms with Gasteiger partial charge in [0, 0.05) is 12.1 Å². The predicted octanol–water partition coefficient (Wildman–Crippen LogP) is 0.702. The van der Waals surface area contributed by atoms with Crippen LogP contribution in [0, 0.1) is 0 Å². The van der Waals surface area contributed by atoms with Crippen molar-refractivity contribution < 1.29 is 64.0 Å². The molecule has 0 radical (unpaired) electrons. The van der Waals surface area contributed by atoms with Crippen molar-refractivity contribution in [2.75, 3.05) is 6.61 Å². The minimum atomic E-state index is -1.80. The average molecular weight is 519 g/mol. The van der Waals surface area contributed by atoms with E-state index >= 15 is 0 Å². The third-order valence-electron chi connectivity index (χ3n) is 5.56. The van der Waals surface area contributed by atoms with Crippen molar-refractivity contribution in [1.82, 2.24) is 0 Å². The fourth-order valence-electron chi connectivity index (χ4n) is 3.71. The number of fused-ring (bicyclic) bond motifs is 1. The topological polar surface area (TPSA) is 215 Å². The third-order valence-corrected chi connectivity index (χ3v) is 5.56. The molecular weight excluding hydrogens is 496 g/mol. The average Bonchev–Trinajstić information content (AvgIpc) is 2.83. The molecule has 0 amide bonds. The summed E-state index contributed by atoms with van der Waals surface area (Å²) in [6.45, 7) is -0.649. The van der Waals surface area contributed by atoms with E-state index < -0.39 is 55.7 Å². The lowest BCUT2D eigenvalue weighted by molar-refractivity contribution is -0.278. The van der Waals surface area contributed by atoms with Crippen molar-refractivity contribution in [1.29, 1.82) is 0 Å². The molecule has 5 atom stereocenters. The highest BCUT2D eigenvalue weighted by molar-refractivity contribution is 5.90. The Morgan fingerprint density at radius 3 is 2.30 bits per heavy atom. The number of hydrogen-bond donors (Lipinski definition) is 7. The summed E-state index contributed by atoms with van der Waals surface area (Å²) in [7, 11) is 0. The molecule has 0 aliphatic carbocycles. The molecule has 1 aromatic heterocycles. The lowest BCUT2D eigenvalue weighted by atomic mass is 9.99. The third kappa shape index (κ3) is 5.65. The Bertz CT molecular complexity index is 1310. The molecule has 1 saturated heterocycles. The molecule has 196 valence electrons. The highest BCUT2D eigenvalue weighted by atomic mass is 16.7. The summed E-state index contributed by atoms with van der Waals surface area (Å²) in [4.78, 5) is 22.2. The van der Waals surface area contributed by atoms with Crippen LogP contribution < -0.4 is 4.74 Å². The molecule has 0 bridgehead atoms. The van der Waals surface area contributed by atoms with Gasteiger partial charge < -0.3 is 50.0 Å². The summed E-state index contributed by atoms with van der Waals surface area (Å²) in [6.07, 6.45) is -9.29. The number of aliphatic hydroxyl groups excluding tert-OH is 3. The van der Waals surface area contributed by atoms with E-state index in [1.165, 1.54) is 36.4 Å². The van der Waals surface area contributed by atoms with Gasteiger partial charge in [-0.05, 0) is 24.3 Å². The highest BCUT2D eigenvalue weighted by Crippen LogP contribution is 2.40. The second kappa shape index (κ2) is 10.4. The van der Waals surface area contributed by atoms with Gasteiger partial charge in [0.25, 0.3) is 0 Å². The molecule has 3 aromatic rings. The first kappa shape index (κ1) is 25.9. The first-order valence-electron chi connectivity index (χ1n) is 10.9. The molecule has 2 heterocycles. The largest absolute Gasteiger partial charge is 0.508 e. The molecule has 1 aliphatic rings. The van der Waals surface area contributed by atoms with Gasteiger partial charge in [0.15, 0.2) is 0 Å². The summed E-state index contributed by atoms with van der Waals surface area (Å²) < 4.78 is 21.9. The van der Waals surface area contributed by atoms with Crippen LogP contribution in [0.25, 0.3) is 22.3 Å². The minimum Gasteiger partial charge on any atom is -0.508 e. The van der Waals surface area contributed by atoms with Crippen LogP contribution in [-0.4, -0.2) is 85.0 Å². The Morgan fingerprint density at radius 1 is 0.919 bits per heavy atom. The van der Waals surface area contributed by atoms with Crippen LogP contribution in [0.4, 0.5) is 0 Å². The Kier molecular flexibility index (Phi) is 7.31. The zero-order valence-corrected chi connectivity index (χ0v) is 18.9. The zero-order chi connectivity index (χ0) is 26.9. The van der Waals surface area contributed by atoms with Crippen molar-refractivity contribution >= 4 is 22.9 Å².